The topological polar surface area (TPSA) is 58.4 Å². The summed E-state index contributed by atoms with van der Waals surface area (Å²) in [6, 6.07) is 7.51. The van der Waals surface area contributed by atoms with Crippen molar-refractivity contribution in [2.75, 3.05) is 20.1 Å². The van der Waals surface area contributed by atoms with Gasteiger partial charge in [0.1, 0.15) is 6.04 Å². The number of carbonyl (C=O) groups is 1. The van der Waals surface area contributed by atoms with Gasteiger partial charge in [-0.1, -0.05) is 29.8 Å². The van der Waals surface area contributed by atoms with E-state index in [4.69, 9.17) is 5.73 Å². The van der Waals surface area contributed by atoms with Crippen LogP contribution in [0, 0.1) is 6.92 Å². The molecule has 1 fully saturated rings. The van der Waals surface area contributed by atoms with Crippen LogP contribution in [-0.4, -0.2) is 37.0 Å². The molecule has 1 aromatic carbocycles. The van der Waals surface area contributed by atoms with Gasteiger partial charge in [-0.25, -0.2) is 0 Å². The summed E-state index contributed by atoms with van der Waals surface area (Å²) in [5, 5.41) is 3.06. The third kappa shape index (κ3) is 3.78. The maximum Gasteiger partial charge on any atom is 0.241 e. The van der Waals surface area contributed by atoms with Crippen molar-refractivity contribution in [3.05, 3.63) is 35.4 Å². The molecular weight excluding hydrogens is 238 g/mol. The van der Waals surface area contributed by atoms with Crippen molar-refractivity contribution in [3.8, 4) is 0 Å². The van der Waals surface area contributed by atoms with Crippen molar-refractivity contribution in [2.24, 2.45) is 5.73 Å². The van der Waals surface area contributed by atoms with Gasteiger partial charge in [-0.2, -0.15) is 0 Å². The van der Waals surface area contributed by atoms with Crippen LogP contribution < -0.4 is 11.1 Å². The summed E-state index contributed by atoms with van der Waals surface area (Å²) in [5.74, 6) is -0.0709. The van der Waals surface area contributed by atoms with E-state index in [2.05, 4.69) is 17.3 Å². The van der Waals surface area contributed by atoms with Gasteiger partial charge in [0, 0.05) is 6.04 Å². The predicted octanol–water partition coefficient (Wildman–Crippen LogP) is 1.21. The Morgan fingerprint density at radius 1 is 1.32 bits per heavy atom. The number of nitrogens with zero attached hydrogens (tertiary/aromatic N) is 1. The number of carbonyl (C=O) groups excluding carboxylic acids is 1. The first-order valence-corrected chi connectivity index (χ1v) is 6.87. The number of amides is 1. The minimum Gasteiger partial charge on any atom is -0.352 e. The lowest BCUT2D eigenvalue weighted by molar-refractivity contribution is -0.123. The summed E-state index contributed by atoms with van der Waals surface area (Å²) >= 11 is 0. The molecule has 1 unspecified atom stereocenters. The summed E-state index contributed by atoms with van der Waals surface area (Å²) in [6.07, 6.45) is 2.01. The molecule has 1 aromatic rings. The highest BCUT2D eigenvalue weighted by atomic mass is 16.2. The number of hydrogen-bond acceptors (Lipinski definition) is 3. The Bertz CT molecular complexity index is 422. The van der Waals surface area contributed by atoms with Crippen LogP contribution in [-0.2, 0) is 4.79 Å². The molecule has 1 aliphatic rings. The van der Waals surface area contributed by atoms with Gasteiger partial charge in [0.2, 0.25) is 5.91 Å². The van der Waals surface area contributed by atoms with E-state index in [0.29, 0.717) is 0 Å². The van der Waals surface area contributed by atoms with E-state index in [9.17, 15) is 4.79 Å². The first-order chi connectivity index (χ1) is 9.06. The van der Waals surface area contributed by atoms with Crippen LogP contribution in [0.5, 0.6) is 0 Å². The van der Waals surface area contributed by atoms with Gasteiger partial charge in [-0.05, 0) is 45.5 Å². The quantitative estimate of drug-likeness (QED) is 0.859. The molecule has 4 heteroatoms. The molecule has 0 spiro atoms. The highest BCUT2D eigenvalue weighted by Crippen LogP contribution is 2.14. The molecule has 4 nitrogen and oxygen atoms in total. The molecule has 1 heterocycles. The highest BCUT2D eigenvalue weighted by Gasteiger charge is 2.22. The van der Waals surface area contributed by atoms with Gasteiger partial charge in [-0.3, -0.25) is 4.79 Å². The number of nitrogens with two attached hydrogens (primary N) is 1. The zero-order chi connectivity index (χ0) is 13.8. The first kappa shape index (κ1) is 14.0. The summed E-state index contributed by atoms with van der Waals surface area (Å²) < 4.78 is 0. The van der Waals surface area contributed by atoms with Gasteiger partial charge >= 0.3 is 0 Å². The van der Waals surface area contributed by atoms with Gasteiger partial charge in [-0.15, -0.1) is 0 Å². The molecule has 1 amide bonds. The van der Waals surface area contributed by atoms with E-state index in [0.717, 1.165) is 31.5 Å². The van der Waals surface area contributed by atoms with E-state index in [-0.39, 0.29) is 11.9 Å². The second kappa shape index (κ2) is 6.17. The maximum atomic E-state index is 12.1. The smallest absolute Gasteiger partial charge is 0.241 e. The Kier molecular flexibility index (Phi) is 4.56. The Labute approximate surface area is 115 Å². The molecule has 0 aromatic heterocycles. The number of benzene rings is 1. The SMILES string of the molecule is Cc1ccc(C(N)C(=O)NC2CCN(C)CC2)cc1. The fourth-order valence-corrected chi connectivity index (χ4v) is 2.37. The fourth-order valence-electron chi connectivity index (χ4n) is 2.37. The average Bonchev–Trinajstić information content (AvgIpc) is 2.41. The normalized spacial score (nSPS) is 19.1. The Balaban J connectivity index is 1.90. The van der Waals surface area contributed by atoms with Crippen molar-refractivity contribution < 1.29 is 4.79 Å². The van der Waals surface area contributed by atoms with Gasteiger partial charge in [0.05, 0.1) is 0 Å². The average molecular weight is 261 g/mol. The molecule has 0 saturated carbocycles. The third-order valence-electron chi connectivity index (χ3n) is 3.78. The minimum atomic E-state index is -0.569. The van der Waals surface area contributed by atoms with Crippen molar-refractivity contribution in [2.45, 2.75) is 31.8 Å². The monoisotopic (exact) mass is 261 g/mol. The van der Waals surface area contributed by atoms with Crippen LogP contribution >= 0.6 is 0 Å². The summed E-state index contributed by atoms with van der Waals surface area (Å²) in [7, 11) is 2.11. The predicted molar refractivity (Wildman–Crippen MR) is 76.8 cm³/mol. The molecule has 0 bridgehead atoms. The number of hydrogen-bond donors (Lipinski definition) is 2. The molecule has 0 aliphatic carbocycles. The van der Waals surface area contributed by atoms with Crippen LogP contribution in [0.1, 0.15) is 30.0 Å². The second-order valence-electron chi connectivity index (χ2n) is 5.47. The molecule has 2 rings (SSSR count). The number of nitrogens with one attached hydrogen (secondary N) is 1. The highest BCUT2D eigenvalue weighted by molar-refractivity contribution is 5.83. The minimum absolute atomic E-state index is 0.0709. The second-order valence-corrected chi connectivity index (χ2v) is 5.47. The van der Waals surface area contributed by atoms with Crippen LogP contribution in [0.2, 0.25) is 0 Å². The van der Waals surface area contributed by atoms with Crippen molar-refractivity contribution in [1.82, 2.24) is 10.2 Å². The summed E-state index contributed by atoms with van der Waals surface area (Å²) in [4.78, 5) is 14.4. The number of likely N-dealkylation sites (tertiary alicyclic amines) is 1. The number of rotatable bonds is 3. The largest absolute Gasteiger partial charge is 0.352 e. The van der Waals surface area contributed by atoms with Crippen molar-refractivity contribution in [3.63, 3.8) is 0 Å². The Morgan fingerprint density at radius 3 is 2.47 bits per heavy atom. The molecule has 19 heavy (non-hydrogen) atoms. The molecule has 104 valence electrons. The van der Waals surface area contributed by atoms with Gasteiger partial charge < -0.3 is 16.0 Å². The van der Waals surface area contributed by atoms with E-state index < -0.39 is 6.04 Å². The van der Waals surface area contributed by atoms with E-state index >= 15 is 0 Å². The van der Waals surface area contributed by atoms with E-state index in [1.807, 2.05) is 31.2 Å². The maximum absolute atomic E-state index is 12.1. The Morgan fingerprint density at radius 2 is 1.89 bits per heavy atom. The summed E-state index contributed by atoms with van der Waals surface area (Å²) in [6.45, 7) is 4.09. The summed E-state index contributed by atoms with van der Waals surface area (Å²) in [5.41, 5.74) is 8.05. The van der Waals surface area contributed by atoms with Crippen molar-refractivity contribution in [1.29, 1.82) is 0 Å². The Hall–Kier alpha value is -1.39. The molecule has 0 radical (unpaired) electrons. The van der Waals surface area contributed by atoms with Crippen LogP contribution in [0.25, 0.3) is 0 Å². The molecule has 1 saturated heterocycles. The van der Waals surface area contributed by atoms with Gasteiger partial charge in [0.25, 0.3) is 0 Å². The molecular formula is C15H23N3O. The third-order valence-corrected chi connectivity index (χ3v) is 3.78. The fraction of sp³-hybridized carbons (Fsp3) is 0.533. The lowest BCUT2D eigenvalue weighted by Gasteiger charge is -2.30. The van der Waals surface area contributed by atoms with Crippen LogP contribution in [0.3, 0.4) is 0 Å². The molecule has 3 N–H and O–H groups in total. The van der Waals surface area contributed by atoms with E-state index in [1.165, 1.54) is 5.56 Å². The lowest BCUT2D eigenvalue weighted by Crippen LogP contribution is -2.46. The molecule has 1 aliphatic heterocycles. The number of aryl methyl sites for hydroxylation is 1. The van der Waals surface area contributed by atoms with Crippen LogP contribution in [0.4, 0.5) is 0 Å². The van der Waals surface area contributed by atoms with E-state index in [1.54, 1.807) is 0 Å². The van der Waals surface area contributed by atoms with Crippen LogP contribution in [0.15, 0.2) is 24.3 Å². The number of piperidine rings is 1. The standard InChI is InChI=1S/C15H23N3O/c1-11-3-5-12(6-4-11)14(16)15(19)17-13-7-9-18(2)10-8-13/h3-6,13-14H,7-10,16H2,1-2H3,(H,17,19). The van der Waals surface area contributed by atoms with Gasteiger partial charge in [0.15, 0.2) is 0 Å². The lowest BCUT2D eigenvalue weighted by atomic mass is 10.0. The zero-order valence-corrected chi connectivity index (χ0v) is 11.7. The van der Waals surface area contributed by atoms with Crippen molar-refractivity contribution >= 4 is 5.91 Å². The molecule has 1 atom stereocenters. The first-order valence-electron chi connectivity index (χ1n) is 6.87. The zero-order valence-electron chi connectivity index (χ0n) is 11.7.